The Morgan fingerprint density at radius 3 is 2.14 bits per heavy atom. The molecule has 1 saturated heterocycles. The summed E-state index contributed by atoms with van der Waals surface area (Å²) in [5, 5.41) is 3.31. The summed E-state index contributed by atoms with van der Waals surface area (Å²) in [5.41, 5.74) is 3.40. The maximum atomic E-state index is 13.4. The lowest BCUT2D eigenvalue weighted by atomic mass is 9.49. The number of methoxy groups -OCH3 is 1. The van der Waals surface area contributed by atoms with E-state index >= 15 is 0 Å². The number of nitrogens with one attached hydrogen (secondary N) is 1. The van der Waals surface area contributed by atoms with Crippen LogP contribution in [0.2, 0.25) is 0 Å². The van der Waals surface area contributed by atoms with Crippen LogP contribution in [0.3, 0.4) is 0 Å². The van der Waals surface area contributed by atoms with E-state index in [0.717, 1.165) is 81.2 Å². The standard InChI is InChI=1S/C30H38N2O3/c1-34-27-8-4-25(5-9-27)28(32-10-12-35-13-11-32)17-21-2-6-26(7-3-21)31-29(33)30-18-22-14-23(19-30)16-24(15-22)20-30/h2-9,22-24,28H,10-20H2,1H3,(H,31,33). The fourth-order valence-electron chi connectivity index (χ4n) is 7.77. The van der Waals surface area contributed by atoms with Gasteiger partial charge in [0.15, 0.2) is 0 Å². The lowest BCUT2D eigenvalue weighted by molar-refractivity contribution is -0.140. The fourth-order valence-corrected chi connectivity index (χ4v) is 7.77. The van der Waals surface area contributed by atoms with Crippen molar-refractivity contribution in [1.82, 2.24) is 4.90 Å². The predicted molar refractivity (Wildman–Crippen MR) is 138 cm³/mol. The van der Waals surface area contributed by atoms with Crippen molar-refractivity contribution in [2.75, 3.05) is 38.7 Å². The summed E-state index contributed by atoms with van der Waals surface area (Å²) in [6.45, 7) is 3.44. The van der Waals surface area contributed by atoms with Crippen LogP contribution in [0.15, 0.2) is 48.5 Å². The number of nitrogens with zero attached hydrogens (tertiary/aromatic N) is 1. The molecule has 1 amide bonds. The van der Waals surface area contributed by atoms with Crippen molar-refractivity contribution >= 4 is 11.6 Å². The molecule has 2 aromatic carbocycles. The quantitative estimate of drug-likeness (QED) is 0.578. The molecule has 4 saturated carbocycles. The van der Waals surface area contributed by atoms with Crippen molar-refractivity contribution in [3.8, 4) is 5.75 Å². The van der Waals surface area contributed by atoms with E-state index in [4.69, 9.17) is 9.47 Å². The molecule has 5 fully saturated rings. The van der Waals surface area contributed by atoms with Crippen LogP contribution in [0, 0.1) is 23.2 Å². The summed E-state index contributed by atoms with van der Waals surface area (Å²) in [7, 11) is 1.71. The summed E-state index contributed by atoms with van der Waals surface area (Å²) in [6.07, 6.45) is 8.32. The van der Waals surface area contributed by atoms with E-state index in [2.05, 4.69) is 46.6 Å². The van der Waals surface area contributed by atoms with Gasteiger partial charge >= 0.3 is 0 Å². The molecular weight excluding hydrogens is 436 g/mol. The van der Waals surface area contributed by atoms with Crippen molar-refractivity contribution in [3.63, 3.8) is 0 Å². The van der Waals surface area contributed by atoms with Gasteiger partial charge in [0.25, 0.3) is 0 Å². The van der Waals surface area contributed by atoms with E-state index < -0.39 is 0 Å². The highest BCUT2D eigenvalue weighted by Crippen LogP contribution is 2.60. The average molecular weight is 475 g/mol. The van der Waals surface area contributed by atoms with Gasteiger partial charge in [-0.25, -0.2) is 0 Å². The molecule has 1 heterocycles. The molecule has 0 spiro atoms. The lowest BCUT2D eigenvalue weighted by Crippen LogP contribution is -2.51. The van der Waals surface area contributed by atoms with Gasteiger partial charge in [-0.2, -0.15) is 0 Å². The fraction of sp³-hybridized carbons (Fsp3) is 0.567. The van der Waals surface area contributed by atoms with E-state index in [-0.39, 0.29) is 17.4 Å². The third kappa shape index (κ3) is 4.73. The number of anilines is 1. The van der Waals surface area contributed by atoms with E-state index in [9.17, 15) is 4.79 Å². The van der Waals surface area contributed by atoms with E-state index in [1.165, 1.54) is 30.4 Å². The first-order valence-electron chi connectivity index (χ1n) is 13.5. The van der Waals surface area contributed by atoms with E-state index in [0.29, 0.717) is 0 Å². The Bertz CT molecular complexity index is 991. The van der Waals surface area contributed by atoms with Crippen LogP contribution in [0.25, 0.3) is 0 Å². The van der Waals surface area contributed by atoms with Crippen molar-refractivity contribution in [2.24, 2.45) is 23.2 Å². The number of ether oxygens (including phenoxy) is 2. The molecule has 1 unspecified atom stereocenters. The van der Waals surface area contributed by atoms with Crippen LogP contribution in [-0.2, 0) is 16.0 Å². The predicted octanol–water partition coefficient (Wildman–Crippen LogP) is 5.47. The summed E-state index contributed by atoms with van der Waals surface area (Å²) in [4.78, 5) is 16.0. The molecule has 1 N–H and O–H groups in total. The second kappa shape index (κ2) is 9.59. The van der Waals surface area contributed by atoms with Gasteiger partial charge in [0.2, 0.25) is 5.91 Å². The zero-order valence-electron chi connectivity index (χ0n) is 20.9. The second-order valence-corrected chi connectivity index (χ2v) is 11.5. The second-order valence-electron chi connectivity index (χ2n) is 11.5. The van der Waals surface area contributed by atoms with Crippen LogP contribution in [0.5, 0.6) is 5.75 Å². The highest BCUT2D eigenvalue weighted by atomic mass is 16.5. The monoisotopic (exact) mass is 474 g/mol. The summed E-state index contributed by atoms with van der Waals surface area (Å²) >= 11 is 0. The minimum Gasteiger partial charge on any atom is -0.497 e. The lowest BCUT2D eigenvalue weighted by Gasteiger charge is -2.55. The number of amides is 1. The van der Waals surface area contributed by atoms with Crippen molar-refractivity contribution in [2.45, 2.75) is 51.0 Å². The first-order valence-corrected chi connectivity index (χ1v) is 13.5. The zero-order valence-corrected chi connectivity index (χ0v) is 20.9. The van der Waals surface area contributed by atoms with Gasteiger partial charge in [0.1, 0.15) is 5.75 Å². The summed E-state index contributed by atoms with van der Waals surface area (Å²) in [5.74, 6) is 3.50. The zero-order chi connectivity index (χ0) is 23.8. The summed E-state index contributed by atoms with van der Waals surface area (Å²) in [6, 6.07) is 17.3. The van der Waals surface area contributed by atoms with Crippen molar-refractivity contribution < 1.29 is 14.3 Å². The molecule has 4 aliphatic carbocycles. The Balaban J connectivity index is 1.15. The van der Waals surface area contributed by atoms with Crippen LogP contribution in [0.1, 0.15) is 55.7 Å². The van der Waals surface area contributed by atoms with E-state index in [1.807, 2.05) is 12.1 Å². The molecule has 2 aromatic rings. The minimum absolute atomic E-state index is 0.108. The highest BCUT2D eigenvalue weighted by Gasteiger charge is 2.54. The third-order valence-corrected chi connectivity index (χ3v) is 9.15. The topological polar surface area (TPSA) is 50.8 Å². The molecule has 1 atom stereocenters. The molecule has 35 heavy (non-hydrogen) atoms. The van der Waals surface area contributed by atoms with Gasteiger partial charge in [-0.15, -0.1) is 0 Å². The van der Waals surface area contributed by atoms with Crippen molar-refractivity contribution in [1.29, 1.82) is 0 Å². The van der Waals surface area contributed by atoms with Gasteiger partial charge in [0, 0.05) is 24.8 Å². The number of morpholine rings is 1. The Hall–Kier alpha value is -2.37. The minimum atomic E-state index is -0.108. The SMILES string of the molecule is COc1ccc(C(Cc2ccc(NC(=O)C34CC5CC(CC(C5)C3)C4)cc2)N2CCOCC2)cc1. The van der Waals surface area contributed by atoms with Crippen LogP contribution >= 0.6 is 0 Å². The number of rotatable bonds is 7. The molecular formula is C30H38N2O3. The first kappa shape index (κ1) is 23.1. The average Bonchev–Trinajstić information content (AvgIpc) is 2.88. The smallest absolute Gasteiger partial charge is 0.230 e. The molecule has 0 radical (unpaired) electrons. The normalized spacial score (nSPS) is 30.7. The third-order valence-electron chi connectivity index (χ3n) is 9.15. The van der Waals surface area contributed by atoms with Crippen molar-refractivity contribution in [3.05, 3.63) is 59.7 Å². The molecule has 0 aromatic heterocycles. The van der Waals surface area contributed by atoms with Gasteiger partial charge < -0.3 is 14.8 Å². The van der Waals surface area contributed by atoms with Gasteiger partial charge in [-0.1, -0.05) is 24.3 Å². The molecule has 4 bridgehead atoms. The highest BCUT2D eigenvalue weighted by molar-refractivity contribution is 5.95. The van der Waals surface area contributed by atoms with Gasteiger partial charge in [-0.3, -0.25) is 9.69 Å². The number of carbonyl (C=O) groups excluding carboxylic acids is 1. The molecule has 7 rings (SSSR count). The largest absolute Gasteiger partial charge is 0.497 e. The Morgan fingerprint density at radius 1 is 0.971 bits per heavy atom. The molecule has 186 valence electrons. The number of carbonyl (C=O) groups is 1. The molecule has 5 aliphatic rings. The molecule has 5 heteroatoms. The molecule has 1 aliphatic heterocycles. The van der Waals surface area contributed by atoms with Crippen LogP contribution in [-0.4, -0.2) is 44.2 Å². The Labute approximate surface area is 209 Å². The van der Waals surface area contributed by atoms with Crippen LogP contribution < -0.4 is 10.1 Å². The molecule has 5 nitrogen and oxygen atoms in total. The maximum absolute atomic E-state index is 13.4. The maximum Gasteiger partial charge on any atom is 0.230 e. The van der Waals surface area contributed by atoms with Gasteiger partial charge in [0.05, 0.1) is 25.7 Å². The summed E-state index contributed by atoms with van der Waals surface area (Å²) < 4.78 is 11.0. The first-order chi connectivity index (χ1) is 17.1. The Kier molecular flexibility index (Phi) is 6.32. The number of benzene rings is 2. The number of hydrogen-bond donors (Lipinski definition) is 1. The van der Waals surface area contributed by atoms with E-state index in [1.54, 1.807) is 7.11 Å². The number of hydrogen-bond acceptors (Lipinski definition) is 4. The van der Waals surface area contributed by atoms with Gasteiger partial charge in [-0.05, 0) is 98.1 Å². The van der Waals surface area contributed by atoms with Crippen LogP contribution in [0.4, 0.5) is 5.69 Å². The Morgan fingerprint density at radius 2 is 1.57 bits per heavy atom.